The third-order valence-corrected chi connectivity index (χ3v) is 2.95. The quantitative estimate of drug-likeness (QED) is 0.935. The molecule has 0 fully saturated rings. The van der Waals surface area contributed by atoms with Gasteiger partial charge in [-0.15, -0.1) is 0 Å². The largest absolute Gasteiger partial charge is 0.326 e. The van der Waals surface area contributed by atoms with Crippen molar-refractivity contribution in [2.24, 2.45) is 0 Å². The maximum atomic E-state index is 13.0. The van der Waals surface area contributed by atoms with Crippen LogP contribution in [0.3, 0.4) is 0 Å². The summed E-state index contributed by atoms with van der Waals surface area (Å²) in [7, 11) is 0. The molecule has 4 nitrogen and oxygen atoms in total. The van der Waals surface area contributed by atoms with Gasteiger partial charge in [-0.25, -0.2) is 4.39 Å². The summed E-state index contributed by atoms with van der Waals surface area (Å²) < 4.78 is 14.7. The molecule has 2 rings (SSSR count). The van der Waals surface area contributed by atoms with Gasteiger partial charge >= 0.3 is 0 Å². The van der Waals surface area contributed by atoms with E-state index < -0.39 is 5.82 Å². The third kappa shape index (κ3) is 3.54. The molecule has 1 atom stereocenters. The van der Waals surface area contributed by atoms with Gasteiger partial charge in [-0.05, 0) is 31.2 Å². The molecule has 6 heteroatoms. The van der Waals surface area contributed by atoms with Gasteiger partial charge in [-0.1, -0.05) is 11.6 Å². The first-order valence-corrected chi connectivity index (χ1v) is 6.18. The van der Waals surface area contributed by atoms with E-state index in [1.807, 2.05) is 6.92 Å². The van der Waals surface area contributed by atoms with E-state index in [1.54, 1.807) is 23.1 Å². The number of carbonyl (C=O) groups is 1. The van der Waals surface area contributed by atoms with Crippen LogP contribution in [0.1, 0.15) is 19.4 Å². The lowest BCUT2D eigenvalue weighted by atomic mass is 10.2. The Labute approximate surface area is 115 Å². The van der Waals surface area contributed by atoms with Gasteiger partial charge in [0.25, 0.3) is 0 Å². The average Bonchev–Trinajstić information content (AvgIpc) is 2.87. The van der Waals surface area contributed by atoms with Crippen molar-refractivity contribution in [3.8, 4) is 0 Å². The van der Waals surface area contributed by atoms with Gasteiger partial charge in [0.05, 0.1) is 11.1 Å². The van der Waals surface area contributed by atoms with E-state index in [-0.39, 0.29) is 23.4 Å². The molecule has 19 heavy (non-hydrogen) atoms. The molecule has 0 aliphatic rings. The minimum atomic E-state index is -0.510. The first kappa shape index (κ1) is 13.5. The first-order valence-electron chi connectivity index (χ1n) is 5.80. The number of nitrogens with one attached hydrogen (secondary N) is 1. The Morgan fingerprint density at radius 1 is 1.58 bits per heavy atom. The van der Waals surface area contributed by atoms with E-state index in [0.717, 1.165) is 0 Å². The van der Waals surface area contributed by atoms with Crippen LogP contribution in [0.2, 0.25) is 5.02 Å². The summed E-state index contributed by atoms with van der Waals surface area (Å²) in [5, 5.41) is 6.72. The van der Waals surface area contributed by atoms with Crippen LogP contribution in [0, 0.1) is 5.82 Å². The molecule has 1 N–H and O–H groups in total. The molecule has 0 spiro atoms. The highest BCUT2D eigenvalue weighted by atomic mass is 35.5. The number of anilines is 1. The fourth-order valence-electron chi connectivity index (χ4n) is 1.69. The standard InChI is InChI=1S/C13H13ClFN3O/c1-9(18-6-2-5-16-18)7-13(19)17-10-3-4-12(15)11(14)8-10/h2-6,8-9H,7H2,1H3,(H,17,19). The second kappa shape index (κ2) is 5.84. The molecule has 1 aromatic carbocycles. The molecule has 1 amide bonds. The van der Waals surface area contributed by atoms with Gasteiger partial charge in [0, 0.05) is 24.5 Å². The molecule has 0 aliphatic carbocycles. The molecule has 0 saturated carbocycles. The molecule has 100 valence electrons. The van der Waals surface area contributed by atoms with Crippen LogP contribution in [0.5, 0.6) is 0 Å². The maximum absolute atomic E-state index is 13.0. The first-order chi connectivity index (χ1) is 9.06. The number of halogens is 2. The van der Waals surface area contributed by atoms with Crippen LogP contribution in [0.15, 0.2) is 36.7 Å². The lowest BCUT2D eigenvalue weighted by molar-refractivity contribution is -0.116. The molecule has 1 unspecified atom stereocenters. The van der Waals surface area contributed by atoms with Crippen LogP contribution >= 0.6 is 11.6 Å². The zero-order valence-electron chi connectivity index (χ0n) is 10.3. The van der Waals surface area contributed by atoms with Crippen molar-refractivity contribution >= 4 is 23.2 Å². The SMILES string of the molecule is CC(CC(=O)Nc1ccc(F)c(Cl)c1)n1cccn1. The zero-order chi connectivity index (χ0) is 13.8. The molecule has 0 bridgehead atoms. The molecular formula is C13H13ClFN3O. The van der Waals surface area contributed by atoms with Gasteiger partial charge in [0.15, 0.2) is 0 Å². The van der Waals surface area contributed by atoms with Gasteiger partial charge in [-0.3, -0.25) is 9.48 Å². The van der Waals surface area contributed by atoms with Crippen molar-refractivity contribution in [2.75, 3.05) is 5.32 Å². The van der Waals surface area contributed by atoms with E-state index in [2.05, 4.69) is 10.4 Å². The summed E-state index contributed by atoms with van der Waals surface area (Å²) in [6.07, 6.45) is 3.73. The Bertz CT molecular complexity index is 571. The predicted octanol–water partition coefficient (Wildman–Crippen LogP) is 3.27. The van der Waals surface area contributed by atoms with Gasteiger partial charge in [-0.2, -0.15) is 5.10 Å². The number of nitrogens with zero attached hydrogens (tertiary/aromatic N) is 2. The third-order valence-electron chi connectivity index (χ3n) is 2.66. The Balaban J connectivity index is 1.95. The summed E-state index contributed by atoms with van der Waals surface area (Å²) in [4.78, 5) is 11.8. The second-order valence-electron chi connectivity index (χ2n) is 4.22. The number of hydrogen-bond donors (Lipinski definition) is 1. The van der Waals surface area contributed by atoms with Crippen molar-refractivity contribution in [2.45, 2.75) is 19.4 Å². The van der Waals surface area contributed by atoms with Gasteiger partial charge < -0.3 is 5.32 Å². The topological polar surface area (TPSA) is 46.9 Å². The summed E-state index contributed by atoms with van der Waals surface area (Å²) in [6, 6.07) is 5.82. The Morgan fingerprint density at radius 2 is 2.37 bits per heavy atom. The normalized spacial score (nSPS) is 12.2. The summed E-state index contributed by atoms with van der Waals surface area (Å²) >= 11 is 5.64. The average molecular weight is 282 g/mol. The molecule has 0 saturated heterocycles. The Hall–Kier alpha value is -1.88. The van der Waals surface area contributed by atoms with Crippen LogP contribution < -0.4 is 5.32 Å². The molecule has 0 aliphatic heterocycles. The number of carbonyl (C=O) groups excluding carboxylic acids is 1. The lowest BCUT2D eigenvalue weighted by Crippen LogP contribution is -2.17. The number of benzene rings is 1. The molecule has 2 aromatic rings. The van der Waals surface area contributed by atoms with E-state index >= 15 is 0 Å². The molecular weight excluding hydrogens is 269 g/mol. The lowest BCUT2D eigenvalue weighted by Gasteiger charge is -2.12. The molecule has 1 heterocycles. The van der Waals surface area contributed by atoms with Crippen LogP contribution in [-0.2, 0) is 4.79 Å². The maximum Gasteiger partial charge on any atom is 0.226 e. The summed E-state index contributed by atoms with van der Waals surface area (Å²) in [5.74, 6) is -0.685. The fourth-order valence-corrected chi connectivity index (χ4v) is 1.87. The van der Waals surface area contributed by atoms with Crippen molar-refractivity contribution < 1.29 is 9.18 Å². The van der Waals surface area contributed by atoms with Crippen molar-refractivity contribution in [1.29, 1.82) is 0 Å². The Kier molecular flexibility index (Phi) is 4.16. The van der Waals surface area contributed by atoms with E-state index in [9.17, 15) is 9.18 Å². The Morgan fingerprint density at radius 3 is 3.00 bits per heavy atom. The van der Waals surface area contributed by atoms with Gasteiger partial charge in [0.2, 0.25) is 5.91 Å². The van der Waals surface area contributed by atoms with Crippen molar-refractivity contribution in [3.63, 3.8) is 0 Å². The highest BCUT2D eigenvalue weighted by Gasteiger charge is 2.11. The predicted molar refractivity (Wildman–Crippen MR) is 71.6 cm³/mol. The van der Waals surface area contributed by atoms with E-state index in [4.69, 9.17) is 11.6 Å². The molecule has 0 radical (unpaired) electrons. The number of hydrogen-bond acceptors (Lipinski definition) is 2. The minimum absolute atomic E-state index is 0.0158. The summed E-state index contributed by atoms with van der Waals surface area (Å²) in [5.41, 5.74) is 0.476. The van der Waals surface area contributed by atoms with Crippen LogP contribution in [0.25, 0.3) is 0 Å². The van der Waals surface area contributed by atoms with Crippen molar-refractivity contribution in [3.05, 3.63) is 47.5 Å². The number of aromatic nitrogens is 2. The van der Waals surface area contributed by atoms with Crippen LogP contribution in [-0.4, -0.2) is 15.7 Å². The van der Waals surface area contributed by atoms with Crippen molar-refractivity contribution in [1.82, 2.24) is 9.78 Å². The number of amides is 1. The fraction of sp³-hybridized carbons (Fsp3) is 0.231. The smallest absolute Gasteiger partial charge is 0.226 e. The minimum Gasteiger partial charge on any atom is -0.326 e. The highest BCUT2D eigenvalue weighted by molar-refractivity contribution is 6.31. The highest BCUT2D eigenvalue weighted by Crippen LogP contribution is 2.20. The monoisotopic (exact) mass is 281 g/mol. The van der Waals surface area contributed by atoms with Gasteiger partial charge in [0.1, 0.15) is 5.82 Å². The van der Waals surface area contributed by atoms with Crippen LogP contribution in [0.4, 0.5) is 10.1 Å². The zero-order valence-corrected chi connectivity index (χ0v) is 11.1. The summed E-state index contributed by atoms with van der Waals surface area (Å²) in [6.45, 7) is 1.89. The van der Waals surface area contributed by atoms with E-state index in [0.29, 0.717) is 5.69 Å². The second-order valence-corrected chi connectivity index (χ2v) is 4.62. The number of rotatable bonds is 4. The molecule has 1 aromatic heterocycles. The van der Waals surface area contributed by atoms with E-state index in [1.165, 1.54) is 18.2 Å².